The number of hydrogen-bond acceptors (Lipinski definition) is 3. The second kappa shape index (κ2) is 9.69. The van der Waals surface area contributed by atoms with Gasteiger partial charge in [0.05, 0.1) is 23.1 Å². The molecule has 0 fully saturated rings. The van der Waals surface area contributed by atoms with E-state index in [1.54, 1.807) is 49.3 Å². The lowest BCUT2D eigenvalue weighted by Crippen LogP contribution is -2.40. The van der Waals surface area contributed by atoms with Crippen molar-refractivity contribution in [2.75, 3.05) is 32.5 Å². The van der Waals surface area contributed by atoms with Crippen LogP contribution in [0.25, 0.3) is 0 Å². The van der Waals surface area contributed by atoms with Gasteiger partial charge in [-0.15, -0.1) is 0 Å². The lowest BCUT2D eigenvalue weighted by Gasteiger charge is -2.21. The lowest BCUT2D eigenvalue weighted by atomic mass is 10.2. The molecule has 27 heavy (non-hydrogen) atoms. The third kappa shape index (κ3) is 6.82. The zero-order valence-electron chi connectivity index (χ0n) is 15.0. The van der Waals surface area contributed by atoms with E-state index in [1.165, 1.54) is 17.0 Å². The van der Waals surface area contributed by atoms with Crippen LogP contribution in [0.2, 0.25) is 10.0 Å². The van der Waals surface area contributed by atoms with Crippen LogP contribution >= 0.6 is 23.2 Å². The van der Waals surface area contributed by atoms with Crippen molar-refractivity contribution in [1.82, 2.24) is 9.80 Å². The molecule has 2 aromatic carbocycles. The molecule has 0 radical (unpaired) electrons. The first kappa shape index (κ1) is 21.2. The van der Waals surface area contributed by atoms with Crippen LogP contribution in [0, 0.1) is 5.82 Å². The van der Waals surface area contributed by atoms with Gasteiger partial charge >= 0.3 is 0 Å². The predicted molar refractivity (Wildman–Crippen MR) is 105 cm³/mol. The van der Waals surface area contributed by atoms with Crippen LogP contribution < -0.4 is 5.32 Å². The summed E-state index contributed by atoms with van der Waals surface area (Å²) in [5.41, 5.74) is 1.40. The van der Waals surface area contributed by atoms with Crippen LogP contribution in [-0.2, 0) is 16.1 Å². The van der Waals surface area contributed by atoms with Crippen molar-refractivity contribution in [2.45, 2.75) is 6.54 Å². The van der Waals surface area contributed by atoms with Gasteiger partial charge in [-0.05, 0) is 42.9 Å². The molecule has 2 rings (SSSR count). The van der Waals surface area contributed by atoms with Gasteiger partial charge < -0.3 is 10.2 Å². The molecule has 0 unspecified atom stereocenters. The minimum absolute atomic E-state index is 0.0938. The van der Waals surface area contributed by atoms with Gasteiger partial charge in [-0.1, -0.05) is 35.3 Å². The van der Waals surface area contributed by atoms with Crippen molar-refractivity contribution in [3.05, 3.63) is 63.9 Å². The highest BCUT2D eigenvalue weighted by Gasteiger charge is 2.15. The molecule has 1 N–H and O–H groups in total. The number of anilines is 1. The molecule has 144 valence electrons. The van der Waals surface area contributed by atoms with Crippen LogP contribution in [0.4, 0.5) is 10.1 Å². The number of halogens is 3. The summed E-state index contributed by atoms with van der Waals surface area (Å²) in [6.45, 7) is 0.534. The van der Waals surface area contributed by atoms with E-state index in [0.29, 0.717) is 22.3 Å². The molecule has 0 atom stereocenters. The number of likely N-dealkylation sites (N-methyl/N-ethyl adjacent to an activating group) is 2. The summed E-state index contributed by atoms with van der Waals surface area (Å²) in [7, 11) is 3.34. The Morgan fingerprint density at radius 1 is 1.00 bits per heavy atom. The predicted octanol–water partition coefficient (Wildman–Crippen LogP) is 3.66. The van der Waals surface area contributed by atoms with Crippen LogP contribution in [0.1, 0.15) is 5.56 Å². The van der Waals surface area contributed by atoms with E-state index in [9.17, 15) is 14.0 Å². The first-order valence-electron chi connectivity index (χ1n) is 8.16. The van der Waals surface area contributed by atoms with Crippen LogP contribution in [0.3, 0.4) is 0 Å². The Kier molecular flexibility index (Phi) is 7.59. The molecular formula is C19H20Cl2FN3O2. The van der Waals surface area contributed by atoms with Crippen molar-refractivity contribution >= 4 is 40.7 Å². The first-order valence-corrected chi connectivity index (χ1v) is 8.92. The monoisotopic (exact) mass is 411 g/mol. The summed E-state index contributed by atoms with van der Waals surface area (Å²) in [5, 5.41) is 3.40. The molecule has 0 heterocycles. The summed E-state index contributed by atoms with van der Waals surface area (Å²) < 4.78 is 12.9. The smallest absolute Gasteiger partial charge is 0.243 e. The third-order valence-corrected chi connectivity index (χ3v) is 4.52. The number of carbonyl (C=O) groups excluding carboxylic acids is 2. The average molecular weight is 412 g/mol. The minimum atomic E-state index is -0.342. The fourth-order valence-corrected chi connectivity index (χ4v) is 2.69. The number of nitrogens with zero attached hydrogens (tertiary/aromatic N) is 2. The standard InChI is InChI=1S/C19H20Cl2FN3O2/c1-24(10-13-3-5-14(22)6-4-13)12-19(27)25(2)11-18(26)23-15-7-8-16(20)17(21)9-15/h3-9H,10-12H2,1-2H3,(H,23,26). The van der Waals surface area contributed by atoms with Crippen molar-refractivity contribution in [3.8, 4) is 0 Å². The van der Waals surface area contributed by atoms with Gasteiger partial charge in [-0.25, -0.2) is 4.39 Å². The topological polar surface area (TPSA) is 52.7 Å². The molecule has 2 amide bonds. The maximum Gasteiger partial charge on any atom is 0.243 e. The van der Waals surface area contributed by atoms with Gasteiger partial charge in [0.2, 0.25) is 11.8 Å². The second-order valence-corrected chi connectivity index (χ2v) is 7.04. The zero-order valence-corrected chi connectivity index (χ0v) is 16.5. The van der Waals surface area contributed by atoms with Gasteiger partial charge in [-0.3, -0.25) is 14.5 Å². The quantitative estimate of drug-likeness (QED) is 0.755. The summed E-state index contributed by atoms with van der Waals surface area (Å²) in [6, 6.07) is 10.9. The van der Waals surface area contributed by atoms with Gasteiger partial charge in [0.15, 0.2) is 0 Å². The van der Waals surface area contributed by atoms with E-state index in [4.69, 9.17) is 23.2 Å². The summed E-state index contributed by atoms with van der Waals surface area (Å²) >= 11 is 11.7. The maximum atomic E-state index is 12.9. The molecule has 0 saturated heterocycles. The Labute approximate surface area is 167 Å². The van der Waals surface area contributed by atoms with E-state index < -0.39 is 0 Å². The van der Waals surface area contributed by atoms with E-state index >= 15 is 0 Å². The fourth-order valence-electron chi connectivity index (χ4n) is 2.39. The van der Waals surface area contributed by atoms with E-state index in [-0.39, 0.29) is 30.7 Å². The van der Waals surface area contributed by atoms with Gasteiger partial charge in [0.1, 0.15) is 5.82 Å². The molecule has 0 aliphatic heterocycles. The zero-order chi connectivity index (χ0) is 20.0. The molecule has 2 aromatic rings. The van der Waals surface area contributed by atoms with E-state index in [0.717, 1.165) is 5.56 Å². The number of rotatable bonds is 7. The Bertz CT molecular complexity index is 815. The first-order chi connectivity index (χ1) is 12.7. The number of carbonyl (C=O) groups is 2. The average Bonchev–Trinajstić information content (AvgIpc) is 2.60. The van der Waals surface area contributed by atoms with Crippen molar-refractivity contribution in [2.24, 2.45) is 0 Å². The van der Waals surface area contributed by atoms with E-state index in [1.807, 2.05) is 0 Å². The Morgan fingerprint density at radius 2 is 1.67 bits per heavy atom. The van der Waals surface area contributed by atoms with Gasteiger partial charge in [0, 0.05) is 19.3 Å². The highest BCUT2D eigenvalue weighted by molar-refractivity contribution is 6.42. The molecule has 0 aliphatic rings. The van der Waals surface area contributed by atoms with Gasteiger partial charge in [0.25, 0.3) is 0 Å². The van der Waals surface area contributed by atoms with Crippen LogP contribution in [0.5, 0.6) is 0 Å². The van der Waals surface area contributed by atoms with Crippen molar-refractivity contribution < 1.29 is 14.0 Å². The van der Waals surface area contributed by atoms with Crippen LogP contribution in [-0.4, -0.2) is 48.8 Å². The number of nitrogens with one attached hydrogen (secondary N) is 1. The molecule has 0 saturated carbocycles. The lowest BCUT2D eigenvalue weighted by molar-refractivity contribution is -0.134. The molecular weight excluding hydrogens is 392 g/mol. The molecule has 0 aliphatic carbocycles. The Morgan fingerprint density at radius 3 is 2.30 bits per heavy atom. The third-order valence-electron chi connectivity index (χ3n) is 3.78. The molecule has 0 spiro atoms. The largest absolute Gasteiger partial charge is 0.335 e. The summed E-state index contributed by atoms with van der Waals surface area (Å²) in [5.74, 6) is -0.848. The molecule has 8 heteroatoms. The fraction of sp³-hybridized carbons (Fsp3) is 0.263. The molecule has 0 aromatic heterocycles. The minimum Gasteiger partial charge on any atom is -0.335 e. The second-order valence-electron chi connectivity index (χ2n) is 6.23. The SMILES string of the molecule is CN(CC(=O)N(C)CC(=O)Nc1ccc(Cl)c(Cl)c1)Cc1ccc(F)cc1. The highest BCUT2D eigenvalue weighted by Crippen LogP contribution is 2.24. The number of benzene rings is 2. The highest BCUT2D eigenvalue weighted by atomic mass is 35.5. The van der Waals surface area contributed by atoms with Crippen LogP contribution in [0.15, 0.2) is 42.5 Å². The van der Waals surface area contributed by atoms with Crippen molar-refractivity contribution in [1.29, 1.82) is 0 Å². The maximum absolute atomic E-state index is 12.9. The Hall–Kier alpha value is -2.15. The number of amides is 2. The summed E-state index contributed by atoms with van der Waals surface area (Å²) in [6.07, 6.45) is 0. The summed E-state index contributed by atoms with van der Waals surface area (Å²) in [4.78, 5) is 27.5. The Balaban J connectivity index is 1.82. The molecule has 5 nitrogen and oxygen atoms in total. The molecule has 0 bridgehead atoms. The van der Waals surface area contributed by atoms with Gasteiger partial charge in [-0.2, -0.15) is 0 Å². The normalized spacial score (nSPS) is 10.7. The number of hydrogen-bond donors (Lipinski definition) is 1. The van der Waals surface area contributed by atoms with E-state index in [2.05, 4.69) is 5.32 Å². The van der Waals surface area contributed by atoms with Crippen molar-refractivity contribution in [3.63, 3.8) is 0 Å².